The zero-order valence-corrected chi connectivity index (χ0v) is 7.28. The molecule has 1 aliphatic rings. The molecule has 4 nitrogen and oxygen atoms in total. The van der Waals surface area contributed by atoms with Gasteiger partial charge in [0.05, 0.1) is 24.4 Å². The number of nitrogens with zero attached hydrogens (tertiary/aromatic N) is 1. The van der Waals surface area contributed by atoms with E-state index in [1.54, 1.807) is 13.2 Å². The molecule has 1 aromatic heterocycles. The van der Waals surface area contributed by atoms with Crippen molar-refractivity contribution in [3.05, 3.63) is 17.8 Å². The summed E-state index contributed by atoms with van der Waals surface area (Å²) >= 11 is 0. The van der Waals surface area contributed by atoms with Gasteiger partial charge in [0.1, 0.15) is 6.29 Å². The van der Waals surface area contributed by atoms with Gasteiger partial charge in [-0.2, -0.15) is 0 Å². The zero-order valence-electron chi connectivity index (χ0n) is 7.28. The molecule has 1 aliphatic heterocycles. The molecule has 0 radical (unpaired) electrons. The number of methoxy groups -OCH3 is 1. The number of carbonyl (C=O) groups is 1. The summed E-state index contributed by atoms with van der Waals surface area (Å²) in [6.45, 7) is 0.638. The van der Waals surface area contributed by atoms with E-state index < -0.39 is 0 Å². The lowest BCUT2D eigenvalue weighted by molar-refractivity contribution is -0.108. The number of rotatable bonds is 2. The standard InChI is InChI=1S/C9H10N2O2/c1-13-8-3-2-7-9(11-8)6(5-12)4-10-7/h2-3,5-6,10H,4H2,1H3. The second kappa shape index (κ2) is 3.05. The number of pyridine rings is 1. The van der Waals surface area contributed by atoms with Crippen molar-refractivity contribution >= 4 is 12.0 Å². The molecule has 0 spiro atoms. The Hall–Kier alpha value is -1.58. The van der Waals surface area contributed by atoms with E-state index in [2.05, 4.69) is 10.3 Å². The molecule has 13 heavy (non-hydrogen) atoms. The second-order valence-corrected chi connectivity index (χ2v) is 2.91. The number of fused-ring (bicyclic) bond motifs is 1. The Balaban J connectivity index is 2.42. The Morgan fingerprint density at radius 1 is 1.69 bits per heavy atom. The topological polar surface area (TPSA) is 51.2 Å². The third kappa shape index (κ3) is 1.24. The van der Waals surface area contributed by atoms with Crippen LogP contribution in [0.2, 0.25) is 0 Å². The maximum Gasteiger partial charge on any atom is 0.213 e. The summed E-state index contributed by atoms with van der Waals surface area (Å²) in [7, 11) is 1.56. The first-order valence-electron chi connectivity index (χ1n) is 4.09. The van der Waals surface area contributed by atoms with E-state index in [0.29, 0.717) is 12.4 Å². The summed E-state index contributed by atoms with van der Waals surface area (Å²) in [5.74, 6) is 0.416. The van der Waals surface area contributed by atoms with Gasteiger partial charge in [-0.3, -0.25) is 0 Å². The Morgan fingerprint density at radius 2 is 2.54 bits per heavy atom. The molecule has 2 rings (SSSR count). The minimum Gasteiger partial charge on any atom is -0.481 e. The minimum atomic E-state index is -0.134. The van der Waals surface area contributed by atoms with Gasteiger partial charge in [-0.05, 0) is 6.07 Å². The number of hydrogen-bond donors (Lipinski definition) is 1. The van der Waals surface area contributed by atoms with E-state index in [1.165, 1.54) is 0 Å². The molecule has 0 saturated carbocycles. The molecule has 4 heteroatoms. The molecule has 1 N–H and O–H groups in total. The fraction of sp³-hybridized carbons (Fsp3) is 0.333. The molecule has 1 unspecified atom stereocenters. The predicted molar refractivity (Wildman–Crippen MR) is 48.1 cm³/mol. The fourth-order valence-electron chi connectivity index (χ4n) is 1.43. The number of carbonyl (C=O) groups excluding carboxylic acids is 1. The number of hydrogen-bond acceptors (Lipinski definition) is 4. The first kappa shape index (κ1) is 8.04. The van der Waals surface area contributed by atoms with Crippen LogP contribution in [0.1, 0.15) is 11.6 Å². The van der Waals surface area contributed by atoms with Crippen LogP contribution >= 0.6 is 0 Å². The number of aldehydes is 1. The third-order valence-electron chi connectivity index (χ3n) is 2.14. The molecule has 68 valence electrons. The first-order valence-corrected chi connectivity index (χ1v) is 4.09. The minimum absolute atomic E-state index is 0.134. The average Bonchev–Trinajstić information content (AvgIpc) is 2.59. The third-order valence-corrected chi connectivity index (χ3v) is 2.14. The van der Waals surface area contributed by atoms with E-state index in [1.807, 2.05) is 6.07 Å². The van der Waals surface area contributed by atoms with Crippen molar-refractivity contribution in [2.24, 2.45) is 0 Å². The summed E-state index contributed by atoms with van der Waals surface area (Å²) in [5, 5.41) is 3.10. The van der Waals surface area contributed by atoms with E-state index in [4.69, 9.17) is 4.74 Å². The van der Waals surface area contributed by atoms with E-state index in [0.717, 1.165) is 17.7 Å². The van der Waals surface area contributed by atoms with Gasteiger partial charge in [0.15, 0.2) is 0 Å². The lowest BCUT2D eigenvalue weighted by Crippen LogP contribution is -2.03. The molecular weight excluding hydrogens is 168 g/mol. The largest absolute Gasteiger partial charge is 0.481 e. The molecule has 0 saturated heterocycles. The predicted octanol–water partition coefficient (Wildman–Crippen LogP) is 0.798. The van der Waals surface area contributed by atoms with E-state index in [9.17, 15) is 4.79 Å². The summed E-state index contributed by atoms with van der Waals surface area (Å²) < 4.78 is 4.98. The van der Waals surface area contributed by atoms with Crippen molar-refractivity contribution in [1.82, 2.24) is 4.98 Å². The highest BCUT2D eigenvalue weighted by atomic mass is 16.5. The quantitative estimate of drug-likeness (QED) is 0.680. The molecule has 0 aromatic carbocycles. The number of anilines is 1. The molecule has 0 amide bonds. The molecule has 0 bridgehead atoms. The highest BCUT2D eigenvalue weighted by Gasteiger charge is 2.23. The van der Waals surface area contributed by atoms with Gasteiger partial charge in [-0.1, -0.05) is 0 Å². The van der Waals surface area contributed by atoms with Crippen LogP contribution in [0.4, 0.5) is 5.69 Å². The average molecular weight is 178 g/mol. The fourth-order valence-corrected chi connectivity index (χ4v) is 1.43. The van der Waals surface area contributed by atoms with Crippen molar-refractivity contribution in [3.8, 4) is 5.88 Å². The molecule has 1 aromatic rings. The van der Waals surface area contributed by atoms with E-state index in [-0.39, 0.29) is 5.92 Å². The van der Waals surface area contributed by atoms with Crippen LogP contribution in [0.25, 0.3) is 0 Å². The Morgan fingerprint density at radius 3 is 3.23 bits per heavy atom. The lowest BCUT2D eigenvalue weighted by Gasteiger charge is -2.03. The summed E-state index contributed by atoms with van der Waals surface area (Å²) in [5.41, 5.74) is 1.72. The van der Waals surface area contributed by atoms with Crippen molar-refractivity contribution in [3.63, 3.8) is 0 Å². The van der Waals surface area contributed by atoms with Gasteiger partial charge in [0, 0.05) is 12.6 Å². The van der Waals surface area contributed by atoms with Crippen LogP contribution < -0.4 is 10.1 Å². The maximum absolute atomic E-state index is 10.6. The monoisotopic (exact) mass is 178 g/mol. The van der Waals surface area contributed by atoms with Crippen molar-refractivity contribution in [2.75, 3.05) is 19.0 Å². The zero-order chi connectivity index (χ0) is 9.26. The number of aromatic nitrogens is 1. The maximum atomic E-state index is 10.6. The highest BCUT2D eigenvalue weighted by Crippen LogP contribution is 2.29. The highest BCUT2D eigenvalue weighted by molar-refractivity contribution is 5.71. The second-order valence-electron chi connectivity index (χ2n) is 2.91. The van der Waals surface area contributed by atoms with Crippen LogP contribution in [0.3, 0.4) is 0 Å². The van der Waals surface area contributed by atoms with Crippen LogP contribution in [-0.2, 0) is 4.79 Å². The molecule has 1 atom stereocenters. The van der Waals surface area contributed by atoms with Gasteiger partial charge in [0.2, 0.25) is 5.88 Å². The smallest absolute Gasteiger partial charge is 0.213 e. The van der Waals surface area contributed by atoms with Crippen LogP contribution in [0.15, 0.2) is 12.1 Å². The Labute approximate surface area is 75.9 Å². The first-order chi connectivity index (χ1) is 6.35. The van der Waals surface area contributed by atoms with Crippen molar-refractivity contribution < 1.29 is 9.53 Å². The molecular formula is C9H10N2O2. The van der Waals surface area contributed by atoms with Crippen LogP contribution in [-0.4, -0.2) is 24.9 Å². The van der Waals surface area contributed by atoms with Crippen LogP contribution in [0.5, 0.6) is 5.88 Å². The van der Waals surface area contributed by atoms with E-state index >= 15 is 0 Å². The Bertz CT molecular complexity index is 338. The van der Waals surface area contributed by atoms with Gasteiger partial charge in [-0.15, -0.1) is 0 Å². The number of ether oxygens (including phenoxy) is 1. The molecule has 0 aliphatic carbocycles. The molecule has 2 heterocycles. The van der Waals surface area contributed by atoms with Crippen molar-refractivity contribution in [1.29, 1.82) is 0 Å². The summed E-state index contributed by atoms with van der Waals surface area (Å²) in [6.07, 6.45) is 0.908. The SMILES string of the molecule is COc1ccc2c(n1)C(C=O)CN2. The van der Waals surface area contributed by atoms with Gasteiger partial charge >= 0.3 is 0 Å². The normalized spacial score (nSPS) is 19.0. The van der Waals surface area contributed by atoms with Crippen LogP contribution in [0, 0.1) is 0 Å². The van der Waals surface area contributed by atoms with Gasteiger partial charge in [-0.25, -0.2) is 4.98 Å². The Kier molecular flexibility index (Phi) is 1.88. The van der Waals surface area contributed by atoms with Gasteiger partial charge < -0.3 is 14.8 Å². The molecule has 0 fully saturated rings. The summed E-state index contributed by atoms with van der Waals surface area (Å²) in [4.78, 5) is 14.9. The summed E-state index contributed by atoms with van der Waals surface area (Å²) in [6, 6.07) is 3.66. The van der Waals surface area contributed by atoms with Gasteiger partial charge in [0.25, 0.3) is 0 Å². The number of nitrogens with one attached hydrogen (secondary N) is 1. The lowest BCUT2D eigenvalue weighted by atomic mass is 10.1. The van der Waals surface area contributed by atoms with Crippen molar-refractivity contribution in [2.45, 2.75) is 5.92 Å².